The predicted octanol–water partition coefficient (Wildman–Crippen LogP) is 2.65. The molecule has 2 heteroatoms. The van der Waals surface area contributed by atoms with Crippen LogP contribution in [-0.4, -0.2) is 24.3 Å². The summed E-state index contributed by atoms with van der Waals surface area (Å²) in [5.74, 6) is 0.789. The van der Waals surface area contributed by atoms with Gasteiger partial charge < -0.3 is 4.74 Å². The van der Waals surface area contributed by atoms with Crippen LogP contribution < -0.4 is 0 Å². The van der Waals surface area contributed by atoms with Crippen molar-refractivity contribution in [3.05, 3.63) is 35.9 Å². The molecule has 16 heavy (non-hydrogen) atoms. The Morgan fingerprint density at radius 1 is 1.19 bits per heavy atom. The first kappa shape index (κ1) is 10.3. The van der Waals surface area contributed by atoms with Crippen molar-refractivity contribution in [2.45, 2.75) is 31.8 Å². The zero-order chi connectivity index (χ0) is 10.8. The van der Waals surface area contributed by atoms with Gasteiger partial charge in [-0.2, -0.15) is 0 Å². The van der Waals surface area contributed by atoms with Gasteiger partial charge in [-0.25, -0.2) is 0 Å². The van der Waals surface area contributed by atoms with Crippen molar-refractivity contribution in [3.8, 4) is 0 Å². The Labute approximate surface area is 97.2 Å². The van der Waals surface area contributed by atoms with Crippen LogP contribution in [0.15, 0.2) is 30.3 Å². The molecule has 0 bridgehead atoms. The van der Waals surface area contributed by atoms with Crippen LogP contribution in [0.25, 0.3) is 0 Å². The average Bonchev–Trinajstić information content (AvgIpc) is 2.80. The number of hydrogen-bond donors (Lipinski definition) is 0. The van der Waals surface area contributed by atoms with Crippen molar-refractivity contribution >= 4 is 0 Å². The van der Waals surface area contributed by atoms with Crippen LogP contribution in [0.5, 0.6) is 0 Å². The zero-order valence-corrected chi connectivity index (χ0v) is 9.64. The molecule has 1 heterocycles. The van der Waals surface area contributed by atoms with Gasteiger partial charge in [0.25, 0.3) is 0 Å². The van der Waals surface area contributed by atoms with Crippen LogP contribution in [0, 0.1) is 5.92 Å². The average molecular weight is 217 g/mol. The molecule has 2 aliphatic rings. The number of nitrogens with zero attached hydrogens (tertiary/aromatic N) is 1. The molecule has 2 fully saturated rings. The maximum atomic E-state index is 5.69. The van der Waals surface area contributed by atoms with Gasteiger partial charge in [-0.1, -0.05) is 36.8 Å². The van der Waals surface area contributed by atoms with Crippen molar-refractivity contribution in [1.29, 1.82) is 0 Å². The molecular formula is C14H19NO. The van der Waals surface area contributed by atoms with Gasteiger partial charge in [0.2, 0.25) is 0 Å². The normalized spacial score (nSPS) is 30.2. The molecular weight excluding hydrogens is 198 g/mol. The second-order valence-electron chi connectivity index (χ2n) is 4.99. The highest BCUT2D eigenvalue weighted by Crippen LogP contribution is 2.33. The van der Waals surface area contributed by atoms with E-state index in [9.17, 15) is 0 Å². The molecule has 2 atom stereocenters. The van der Waals surface area contributed by atoms with E-state index in [0.29, 0.717) is 0 Å². The molecule has 1 aliphatic heterocycles. The van der Waals surface area contributed by atoms with Gasteiger partial charge in [0, 0.05) is 12.6 Å². The molecule has 0 unspecified atom stereocenters. The van der Waals surface area contributed by atoms with Crippen LogP contribution >= 0.6 is 0 Å². The summed E-state index contributed by atoms with van der Waals surface area (Å²) in [6.45, 7) is 2.84. The van der Waals surface area contributed by atoms with Crippen molar-refractivity contribution in [1.82, 2.24) is 4.90 Å². The minimum absolute atomic E-state index is 0.772. The van der Waals surface area contributed by atoms with Gasteiger partial charge in [-0.05, 0) is 24.3 Å². The summed E-state index contributed by atoms with van der Waals surface area (Å²) in [7, 11) is 0. The van der Waals surface area contributed by atoms with Gasteiger partial charge in [0.05, 0.1) is 13.3 Å². The fourth-order valence-electron chi connectivity index (χ4n) is 3.09. The zero-order valence-electron chi connectivity index (χ0n) is 9.64. The van der Waals surface area contributed by atoms with Gasteiger partial charge in [-0.3, -0.25) is 4.90 Å². The van der Waals surface area contributed by atoms with Gasteiger partial charge >= 0.3 is 0 Å². The van der Waals surface area contributed by atoms with Gasteiger partial charge in [0.15, 0.2) is 0 Å². The summed E-state index contributed by atoms with van der Waals surface area (Å²) in [6, 6.07) is 11.5. The molecule has 1 aromatic rings. The first-order chi connectivity index (χ1) is 7.93. The predicted molar refractivity (Wildman–Crippen MR) is 63.9 cm³/mol. The van der Waals surface area contributed by atoms with E-state index in [4.69, 9.17) is 4.74 Å². The molecule has 0 N–H and O–H groups in total. The highest BCUT2D eigenvalue weighted by Gasteiger charge is 2.35. The SMILES string of the molecule is c1ccc(CN2COC[C@@H]3CCC[C@H]32)cc1. The molecule has 1 aromatic carbocycles. The number of ether oxygens (including phenoxy) is 1. The van der Waals surface area contributed by atoms with E-state index in [1.807, 2.05) is 0 Å². The minimum atomic E-state index is 0.772. The van der Waals surface area contributed by atoms with Crippen molar-refractivity contribution in [2.24, 2.45) is 5.92 Å². The lowest BCUT2D eigenvalue weighted by Crippen LogP contribution is -2.45. The third-order valence-electron chi connectivity index (χ3n) is 3.91. The molecule has 1 aliphatic carbocycles. The summed E-state index contributed by atoms with van der Waals surface area (Å²) >= 11 is 0. The largest absolute Gasteiger partial charge is 0.366 e. The minimum Gasteiger partial charge on any atom is -0.366 e. The Morgan fingerprint density at radius 3 is 2.94 bits per heavy atom. The summed E-state index contributed by atoms with van der Waals surface area (Å²) in [5.41, 5.74) is 1.40. The van der Waals surface area contributed by atoms with Crippen LogP contribution in [-0.2, 0) is 11.3 Å². The molecule has 0 amide bonds. The van der Waals surface area contributed by atoms with E-state index >= 15 is 0 Å². The number of benzene rings is 1. The first-order valence-electron chi connectivity index (χ1n) is 6.29. The lowest BCUT2D eigenvalue weighted by molar-refractivity contribution is -0.0772. The number of hydrogen-bond acceptors (Lipinski definition) is 2. The van der Waals surface area contributed by atoms with E-state index in [1.165, 1.54) is 24.8 Å². The molecule has 0 radical (unpaired) electrons. The Hall–Kier alpha value is -0.860. The van der Waals surface area contributed by atoms with Gasteiger partial charge in [0.1, 0.15) is 0 Å². The highest BCUT2D eigenvalue weighted by molar-refractivity contribution is 5.14. The lowest BCUT2D eigenvalue weighted by Gasteiger charge is -2.37. The smallest absolute Gasteiger partial charge is 0.0995 e. The fourth-order valence-corrected chi connectivity index (χ4v) is 3.09. The Kier molecular flexibility index (Phi) is 2.94. The lowest BCUT2D eigenvalue weighted by atomic mass is 10.0. The maximum absolute atomic E-state index is 5.69. The standard InChI is InChI=1S/C14H19NO/c1-2-5-12(6-3-1)9-15-11-16-10-13-7-4-8-14(13)15/h1-3,5-6,13-14H,4,7-11H2/t13-,14+/m0/s1. The molecule has 1 saturated heterocycles. The van der Waals surface area contributed by atoms with Gasteiger partial charge in [-0.15, -0.1) is 0 Å². The van der Waals surface area contributed by atoms with E-state index in [0.717, 1.165) is 31.8 Å². The van der Waals surface area contributed by atoms with E-state index in [-0.39, 0.29) is 0 Å². The maximum Gasteiger partial charge on any atom is 0.0995 e. The second kappa shape index (κ2) is 4.56. The van der Waals surface area contributed by atoms with Crippen LogP contribution in [0.1, 0.15) is 24.8 Å². The third kappa shape index (κ3) is 2.00. The monoisotopic (exact) mass is 217 g/mol. The molecule has 3 rings (SSSR count). The summed E-state index contributed by atoms with van der Waals surface area (Å²) in [5, 5.41) is 0. The van der Waals surface area contributed by atoms with Crippen molar-refractivity contribution in [2.75, 3.05) is 13.3 Å². The Morgan fingerprint density at radius 2 is 2.06 bits per heavy atom. The third-order valence-corrected chi connectivity index (χ3v) is 3.91. The summed E-state index contributed by atoms with van der Waals surface area (Å²) in [4.78, 5) is 2.51. The van der Waals surface area contributed by atoms with E-state index < -0.39 is 0 Å². The highest BCUT2D eigenvalue weighted by atomic mass is 16.5. The van der Waals surface area contributed by atoms with Crippen LogP contribution in [0.4, 0.5) is 0 Å². The quantitative estimate of drug-likeness (QED) is 0.755. The Bertz CT molecular complexity index is 338. The first-order valence-corrected chi connectivity index (χ1v) is 6.29. The Balaban J connectivity index is 1.70. The van der Waals surface area contributed by atoms with Crippen molar-refractivity contribution < 1.29 is 4.74 Å². The van der Waals surface area contributed by atoms with E-state index in [2.05, 4.69) is 35.2 Å². The summed E-state index contributed by atoms with van der Waals surface area (Å²) in [6.07, 6.45) is 4.10. The molecule has 86 valence electrons. The second-order valence-corrected chi connectivity index (χ2v) is 4.99. The topological polar surface area (TPSA) is 12.5 Å². The molecule has 0 spiro atoms. The number of rotatable bonds is 2. The fraction of sp³-hybridized carbons (Fsp3) is 0.571. The summed E-state index contributed by atoms with van der Waals surface area (Å²) < 4.78 is 5.69. The van der Waals surface area contributed by atoms with Crippen molar-refractivity contribution in [3.63, 3.8) is 0 Å². The van der Waals surface area contributed by atoms with Crippen LogP contribution in [0.2, 0.25) is 0 Å². The number of fused-ring (bicyclic) bond motifs is 1. The van der Waals surface area contributed by atoms with E-state index in [1.54, 1.807) is 0 Å². The molecule has 0 aromatic heterocycles. The molecule has 1 saturated carbocycles. The molecule has 2 nitrogen and oxygen atoms in total. The van der Waals surface area contributed by atoms with Crippen LogP contribution in [0.3, 0.4) is 0 Å².